The van der Waals surface area contributed by atoms with Crippen LogP contribution in [0.4, 0.5) is 4.39 Å². The van der Waals surface area contributed by atoms with Gasteiger partial charge in [-0.05, 0) is 12.1 Å². The highest BCUT2D eigenvalue weighted by molar-refractivity contribution is 6.33. The summed E-state index contributed by atoms with van der Waals surface area (Å²) < 4.78 is 20.4. The van der Waals surface area contributed by atoms with Crippen LogP contribution in [0.25, 0.3) is 10.9 Å². The van der Waals surface area contributed by atoms with Crippen molar-refractivity contribution in [2.45, 2.75) is 0 Å². The predicted molar refractivity (Wildman–Crippen MR) is 54.4 cm³/mol. The fraction of sp³-hybridized carbons (Fsp3) is 0.200. The summed E-state index contributed by atoms with van der Waals surface area (Å²) in [4.78, 5) is 0. The van der Waals surface area contributed by atoms with Crippen molar-refractivity contribution in [1.29, 1.82) is 0 Å². The van der Waals surface area contributed by atoms with E-state index in [1.165, 1.54) is 7.11 Å². The van der Waals surface area contributed by atoms with Crippen molar-refractivity contribution >= 4 is 22.5 Å². The second kappa shape index (κ2) is 3.17. The Kier molecular flexibility index (Phi) is 2.11. The van der Waals surface area contributed by atoms with Crippen LogP contribution in [-0.4, -0.2) is 11.7 Å². The summed E-state index contributed by atoms with van der Waals surface area (Å²) in [5, 5.41) is 0.813. The lowest BCUT2D eigenvalue weighted by molar-refractivity contribution is 0.412. The van der Waals surface area contributed by atoms with Gasteiger partial charge in [-0.25, -0.2) is 4.39 Å². The molecule has 0 saturated carbocycles. The maximum absolute atomic E-state index is 13.7. The monoisotopic (exact) mass is 213 g/mol. The Balaban J connectivity index is 2.87. The van der Waals surface area contributed by atoms with E-state index in [2.05, 4.69) is 0 Å². The van der Waals surface area contributed by atoms with E-state index < -0.39 is 5.82 Å². The van der Waals surface area contributed by atoms with Gasteiger partial charge in [-0.3, -0.25) is 0 Å². The first-order valence-electron chi connectivity index (χ1n) is 4.12. The van der Waals surface area contributed by atoms with Gasteiger partial charge in [-0.15, -0.1) is 0 Å². The number of ether oxygens (including phenoxy) is 1. The number of fused-ring (bicyclic) bond motifs is 1. The molecule has 14 heavy (non-hydrogen) atoms. The minimum absolute atomic E-state index is 0.0294. The van der Waals surface area contributed by atoms with Crippen molar-refractivity contribution < 1.29 is 9.13 Å². The lowest BCUT2D eigenvalue weighted by Crippen LogP contribution is -1.92. The number of benzene rings is 1. The van der Waals surface area contributed by atoms with Crippen molar-refractivity contribution in [1.82, 2.24) is 4.57 Å². The molecule has 0 spiro atoms. The fourth-order valence-electron chi connectivity index (χ4n) is 1.51. The van der Waals surface area contributed by atoms with Gasteiger partial charge < -0.3 is 9.30 Å². The number of hydrogen-bond acceptors (Lipinski definition) is 1. The van der Waals surface area contributed by atoms with E-state index in [0.717, 1.165) is 5.39 Å². The summed E-state index contributed by atoms with van der Waals surface area (Å²) in [5.41, 5.74) is 0.496. The number of aromatic nitrogens is 1. The Hall–Kier alpha value is -1.22. The van der Waals surface area contributed by atoms with E-state index >= 15 is 0 Å². The van der Waals surface area contributed by atoms with Gasteiger partial charge in [-0.1, -0.05) is 11.6 Å². The molecule has 0 saturated heterocycles. The third kappa shape index (κ3) is 1.16. The second-order valence-electron chi connectivity index (χ2n) is 3.07. The van der Waals surface area contributed by atoms with E-state index in [9.17, 15) is 4.39 Å². The molecule has 74 valence electrons. The smallest absolute Gasteiger partial charge is 0.169 e. The highest BCUT2D eigenvalue weighted by Crippen LogP contribution is 2.33. The predicted octanol–water partition coefficient (Wildman–Crippen LogP) is 2.98. The molecule has 4 heteroatoms. The van der Waals surface area contributed by atoms with Crippen molar-refractivity contribution in [3.63, 3.8) is 0 Å². The number of rotatable bonds is 1. The summed E-state index contributed by atoms with van der Waals surface area (Å²) in [7, 11) is 3.24. The molecule has 0 bridgehead atoms. The zero-order chi connectivity index (χ0) is 10.3. The summed E-state index contributed by atoms with van der Waals surface area (Å²) >= 11 is 5.79. The molecule has 0 aliphatic heterocycles. The summed E-state index contributed by atoms with van der Waals surface area (Å²) in [6.07, 6.45) is 1.78. The molecular formula is C10H9ClFNO. The average Bonchev–Trinajstić information content (AvgIpc) is 2.54. The van der Waals surface area contributed by atoms with E-state index in [4.69, 9.17) is 16.3 Å². The quantitative estimate of drug-likeness (QED) is 0.711. The number of aryl methyl sites for hydroxylation is 1. The number of halogens is 2. The Morgan fingerprint density at radius 1 is 1.50 bits per heavy atom. The zero-order valence-corrected chi connectivity index (χ0v) is 8.60. The molecule has 0 radical (unpaired) electrons. The van der Waals surface area contributed by atoms with Crippen LogP contribution >= 0.6 is 11.6 Å². The standard InChI is InChI=1S/C10H9ClFNO/c1-13-4-3-6-5-7(14-2)8(11)9(12)10(6)13/h3-5H,1-2H3. The van der Waals surface area contributed by atoms with Gasteiger partial charge in [-0.2, -0.15) is 0 Å². The summed E-state index contributed by atoms with van der Waals surface area (Å²) in [5.74, 6) is -0.0728. The Morgan fingerprint density at radius 2 is 2.21 bits per heavy atom. The first-order chi connectivity index (χ1) is 6.65. The average molecular weight is 214 g/mol. The Labute approximate surface area is 85.8 Å². The van der Waals surface area contributed by atoms with Crippen LogP contribution in [0.1, 0.15) is 0 Å². The Morgan fingerprint density at radius 3 is 2.86 bits per heavy atom. The number of hydrogen-bond donors (Lipinski definition) is 0. The Bertz CT molecular complexity index is 492. The normalized spacial score (nSPS) is 10.9. The second-order valence-corrected chi connectivity index (χ2v) is 3.45. The van der Waals surface area contributed by atoms with Gasteiger partial charge in [0.1, 0.15) is 10.8 Å². The molecule has 0 N–H and O–H groups in total. The number of methoxy groups -OCH3 is 1. The van der Waals surface area contributed by atoms with Crippen LogP contribution in [0.5, 0.6) is 5.75 Å². The molecule has 0 amide bonds. The van der Waals surface area contributed by atoms with Crippen molar-refractivity contribution in [3.8, 4) is 5.75 Å². The van der Waals surface area contributed by atoms with Crippen LogP contribution in [-0.2, 0) is 7.05 Å². The van der Waals surface area contributed by atoms with E-state index in [-0.39, 0.29) is 5.02 Å². The lowest BCUT2D eigenvalue weighted by Gasteiger charge is -2.05. The van der Waals surface area contributed by atoms with Gasteiger partial charge in [0.05, 0.1) is 12.6 Å². The van der Waals surface area contributed by atoms with Crippen LogP contribution in [0.15, 0.2) is 18.3 Å². The van der Waals surface area contributed by atoms with Crippen molar-refractivity contribution in [3.05, 3.63) is 29.2 Å². The van der Waals surface area contributed by atoms with Crippen LogP contribution in [0, 0.1) is 5.82 Å². The molecule has 0 fully saturated rings. The SMILES string of the molecule is COc1cc2ccn(C)c2c(F)c1Cl. The zero-order valence-electron chi connectivity index (χ0n) is 7.84. The third-order valence-electron chi connectivity index (χ3n) is 2.23. The van der Waals surface area contributed by atoms with E-state index in [1.54, 1.807) is 23.9 Å². The molecule has 0 unspecified atom stereocenters. The molecule has 2 nitrogen and oxygen atoms in total. The summed E-state index contributed by atoms with van der Waals surface area (Å²) in [6.45, 7) is 0. The minimum atomic E-state index is -0.437. The van der Waals surface area contributed by atoms with Gasteiger partial charge in [0, 0.05) is 18.6 Å². The van der Waals surface area contributed by atoms with E-state index in [0.29, 0.717) is 11.3 Å². The first-order valence-corrected chi connectivity index (χ1v) is 4.50. The molecular weight excluding hydrogens is 205 g/mol. The van der Waals surface area contributed by atoms with E-state index in [1.807, 2.05) is 6.07 Å². The third-order valence-corrected chi connectivity index (χ3v) is 2.58. The highest BCUT2D eigenvalue weighted by atomic mass is 35.5. The van der Waals surface area contributed by atoms with Gasteiger partial charge in [0.25, 0.3) is 0 Å². The minimum Gasteiger partial charge on any atom is -0.495 e. The summed E-state index contributed by atoms with van der Waals surface area (Å²) in [6, 6.07) is 3.54. The van der Waals surface area contributed by atoms with Gasteiger partial charge in [0.2, 0.25) is 0 Å². The molecule has 1 heterocycles. The first kappa shape index (κ1) is 9.34. The highest BCUT2D eigenvalue weighted by Gasteiger charge is 2.14. The van der Waals surface area contributed by atoms with Gasteiger partial charge in [0.15, 0.2) is 5.82 Å². The molecule has 1 aromatic carbocycles. The van der Waals surface area contributed by atoms with Gasteiger partial charge >= 0.3 is 0 Å². The maximum atomic E-state index is 13.7. The van der Waals surface area contributed by atoms with Crippen LogP contribution in [0.2, 0.25) is 5.02 Å². The molecule has 0 aliphatic carbocycles. The lowest BCUT2D eigenvalue weighted by atomic mass is 10.2. The largest absolute Gasteiger partial charge is 0.495 e. The number of nitrogens with zero attached hydrogens (tertiary/aromatic N) is 1. The van der Waals surface area contributed by atoms with Crippen LogP contribution < -0.4 is 4.74 Å². The van der Waals surface area contributed by atoms with Crippen molar-refractivity contribution in [2.75, 3.05) is 7.11 Å². The maximum Gasteiger partial charge on any atom is 0.169 e. The molecule has 2 rings (SSSR count). The fourth-order valence-corrected chi connectivity index (χ4v) is 1.73. The van der Waals surface area contributed by atoms with Crippen molar-refractivity contribution in [2.24, 2.45) is 7.05 Å². The molecule has 1 aromatic heterocycles. The van der Waals surface area contributed by atoms with Crippen LogP contribution in [0.3, 0.4) is 0 Å². The molecule has 2 aromatic rings. The molecule has 0 aliphatic rings. The topological polar surface area (TPSA) is 14.2 Å². The molecule has 0 atom stereocenters.